The van der Waals surface area contributed by atoms with Crippen molar-refractivity contribution < 1.29 is 0 Å². The normalized spacial score (nSPS) is 24.9. The van der Waals surface area contributed by atoms with Crippen LogP contribution < -0.4 is 0 Å². The van der Waals surface area contributed by atoms with Crippen molar-refractivity contribution in [2.75, 3.05) is 33.2 Å². The summed E-state index contributed by atoms with van der Waals surface area (Å²) in [5.74, 6) is 0.879. The summed E-state index contributed by atoms with van der Waals surface area (Å²) in [5, 5.41) is 0. The topological polar surface area (TPSA) is 6.48 Å². The molecule has 1 aliphatic heterocycles. The summed E-state index contributed by atoms with van der Waals surface area (Å²) in [6, 6.07) is 0.777. The molecule has 0 aliphatic carbocycles. The second-order valence-electron chi connectivity index (χ2n) is 4.94. The van der Waals surface area contributed by atoms with Gasteiger partial charge < -0.3 is 4.90 Å². The lowest BCUT2D eigenvalue weighted by molar-refractivity contribution is 0.107. The van der Waals surface area contributed by atoms with E-state index >= 15 is 0 Å². The first-order valence-electron chi connectivity index (χ1n) is 6.06. The monoisotopic (exact) mass is 198 g/mol. The lowest BCUT2D eigenvalue weighted by Crippen LogP contribution is -2.48. The summed E-state index contributed by atoms with van der Waals surface area (Å²) in [4.78, 5) is 5.07. The van der Waals surface area contributed by atoms with Gasteiger partial charge in [0.05, 0.1) is 0 Å². The average molecular weight is 198 g/mol. The van der Waals surface area contributed by atoms with Gasteiger partial charge in [-0.15, -0.1) is 0 Å². The van der Waals surface area contributed by atoms with E-state index in [0.29, 0.717) is 0 Å². The number of nitrogens with zero attached hydrogens (tertiary/aromatic N) is 2. The second-order valence-corrected chi connectivity index (χ2v) is 4.94. The molecule has 1 heterocycles. The third kappa shape index (κ3) is 3.58. The first-order chi connectivity index (χ1) is 6.63. The molecule has 0 aromatic heterocycles. The van der Waals surface area contributed by atoms with Crippen LogP contribution in [0.3, 0.4) is 0 Å². The fourth-order valence-corrected chi connectivity index (χ4v) is 2.16. The summed E-state index contributed by atoms with van der Waals surface area (Å²) < 4.78 is 0. The Kier molecular flexibility index (Phi) is 4.90. The van der Waals surface area contributed by atoms with Gasteiger partial charge in [0.2, 0.25) is 0 Å². The van der Waals surface area contributed by atoms with E-state index in [4.69, 9.17) is 0 Å². The van der Waals surface area contributed by atoms with E-state index in [2.05, 4.69) is 37.6 Å². The minimum atomic E-state index is 0.777. The first-order valence-corrected chi connectivity index (χ1v) is 6.06. The molecule has 0 saturated carbocycles. The molecule has 0 N–H and O–H groups in total. The molecular weight excluding hydrogens is 172 g/mol. The maximum absolute atomic E-state index is 2.64. The van der Waals surface area contributed by atoms with Gasteiger partial charge in [-0.3, -0.25) is 4.90 Å². The molecule has 14 heavy (non-hydrogen) atoms. The van der Waals surface area contributed by atoms with Gasteiger partial charge in [-0.05, 0) is 26.3 Å². The van der Waals surface area contributed by atoms with Crippen LogP contribution in [0.15, 0.2) is 0 Å². The molecule has 2 atom stereocenters. The third-order valence-electron chi connectivity index (χ3n) is 3.60. The van der Waals surface area contributed by atoms with Gasteiger partial charge in [-0.1, -0.05) is 20.3 Å². The number of piperazine rings is 1. The zero-order valence-electron chi connectivity index (χ0n) is 10.3. The summed E-state index contributed by atoms with van der Waals surface area (Å²) in [5.41, 5.74) is 0. The van der Waals surface area contributed by atoms with Gasteiger partial charge in [0.25, 0.3) is 0 Å². The van der Waals surface area contributed by atoms with Crippen molar-refractivity contribution in [3.63, 3.8) is 0 Å². The highest BCUT2D eigenvalue weighted by Gasteiger charge is 2.19. The van der Waals surface area contributed by atoms with Gasteiger partial charge in [0, 0.05) is 32.2 Å². The Morgan fingerprint density at radius 3 is 2.14 bits per heavy atom. The van der Waals surface area contributed by atoms with Crippen LogP contribution in [0.1, 0.15) is 33.6 Å². The minimum absolute atomic E-state index is 0.777. The Labute approximate surface area is 89.3 Å². The van der Waals surface area contributed by atoms with E-state index in [9.17, 15) is 0 Å². The number of likely N-dealkylation sites (N-methyl/N-ethyl adjacent to an activating group) is 1. The number of hydrogen-bond acceptors (Lipinski definition) is 2. The summed E-state index contributed by atoms with van der Waals surface area (Å²) in [7, 11) is 2.22. The molecule has 0 radical (unpaired) electrons. The maximum Gasteiger partial charge on any atom is 0.0113 e. The SMILES string of the molecule is CCC(C)CC(C)N1CCN(C)CC1. The second kappa shape index (κ2) is 5.72. The fraction of sp³-hybridized carbons (Fsp3) is 1.00. The molecule has 2 nitrogen and oxygen atoms in total. The zero-order chi connectivity index (χ0) is 10.6. The van der Waals surface area contributed by atoms with Crippen LogP contribution >= 0.6 is 0 Å². The molecule has 0 aromatic rings. The molecule has 0 spiro atoms. The smallest absolute Gasteiger partial charge is 0.0113 e. The zero-order valence-corrected chi connectivity index (χ0v) is 10.3. The van der Waals surface area contributed by atoms with E-state index in [0.717, 1.165) is 12.0 Å². The molecule has 1 saturated heterocycles. The molecule has 2 heteroatoms. The Morgan fingerprint density at radius 1 is 1.07 bits per heavy atom. The van der Waals surface area contributed by atoms with Crippen molar-refractivity contribution in [1.29, 1.82) is 0 Å². The largest absolute Gasteiger partial charge is 0.304 e. The highest BCUT2D eigenvalue weighted by molar-refractivity contribution is 4.75. The molecule has 84 valence electrons. The van der Waals surface area contributed by atoms with E-state index < -0.39 is 0 Å². The predicted molar refractivity (Wildman–Crippen MR) is 62.6 cm³/mol. The third-order valence-corrected chi connectivity index (χ3v) is 3.60. The van der Waals surface area contributed by atoms with E-state index in [1.54, 1.807) is 0 Å². The Bertz CT molecular complexity index is 150. The molecule has 1 fully saturated rings. The highest BCUT2D eigenvalue weighted by Crippen LogP contribution is 2.15. The average Bonchev–Trinajstić information content (AvgIpc) is 2.18. The Hall–Kier alpha value is -0.0800. The van der Waals surface area contributed by atoms with Crippen LogP contribution in [0.5, 0.6) is 0 Å². The van der Waals surface area contributed by atoms with Crippen molar-refractivity contribution in [1.82, 2.24) is 9.80 Å². The summed E-state index contributed by atoms with van der Waals surface area (Å²) in [6.07, 6.45) is 2.68. The summed E-state index contributed by atoms with van der Waals surface area (Å²) >= 11 is 0. The molecule has 1 rings (SSSR count). The van der Waals surface area contributed by atoms with Crippen LogP contribution in [-0.2, 0) is 0 Å². The van der Waals surface area contributed by atoms with E-state index in [1.807, 2.05) is 0 Å². The molecule has 0 amide bonds. The van der Waals surface area contributed by atoms with Crippen LogP contribution in [0, 0.1) is 5.92 Å². The number of hydrogen-bond donors (Lipinski definition) is 0. The van der Waals surface area contributed by atoms with Crippen molar-refractivity contribution >= 4 is 0 Å². The number of rotatable bonds is 4. The van der Waals surface area contributed by atoms with Gasteiger partial charge in [-0.2, -0.15) is 0 Å². The van der Waals surface area contributed by atoms with Crippen molar-refractivity contribution in [3.05, 3.63) is 0 Å². The van der Waals surface area contributed by atoms with Gasteiger partial charge in [-0.25, -0.2) is 0 Å². The van der Waals surface area contributed by atoms with Crippen LogP contribution in [0.4, 0.5) is 0 Å². The first kappa shape index (κ1) is 12.0. The summed E-state index contributed by atoms with van der Waals surface area (Å²) in [6.45, 7) is 12.0. The molecular formula is C12H26N2. The van der Waals surface area contributed by atoms with Crippen molar-refractivity contribution in [3.8, 4) is 0 Å². The lowest BCUT2D eigenvalue weighted by atomic mass is 9.99. The van der Waals surface area contributed by atoms with Crippen molar-refractivity contribution in [2.24, 2.45) is 5.92 Å². The van der Waals surface area contributed by atoms with Crippen LogP contribution in [0.25, 0.3) is 0 Å². The van der Waals surface area contributed by atoms with Crippen molar-refractivity contribution in [2.45, 2.75) is 39.7 Å². The van der Waals surface area contributed by atoms with Gasteiger partial charge in [0.1, 0.15) is 0 Å². The van der Waals surface area contributed by atoms with Crippen LogP contribution in [-0.4, -0.2) is 49.1 Å². The van der Waals surface area contributed by atoms with Gasteiger partial charge >= 0.3 is 0 Å². The molecule has 0 bridgehead atoms. The van der Waals surface area contributed by atoms with E-state index in [1.165, 1.54) is 39.0 Å². The fourth-order valence-electron chi connectivity index (χ4n) is 2.16. The molecule has 1 aliphatic rings. The standard InChI is InChI=1S/C12H26N2/c1-5-11(2)10-12(3)14-8-6-13(4)7-9-14/h11-12H,5-10H2,1-4H3. The molecule has 2 unspecified atom stereocenters. The van der Waals surface area contributed by atoms with Gasteiger partial charge in [0.15, 0.2) is 0 Å². The Balaban J connectivity index is 2.26. The van der Waals surface area contributed by atoms with E-state index in [-0.39, 0.29) is 0 Å². The maximum atomic E-state index is 2.64. The predicted octanol–water partition coefficient (Wildman–Crippen LogP) is 2.06. The minimum Gasteiger partial charge on any atom is -0.304 e. The molecule has 0 aromatic carbocycles. The quantitative estimate of drug-likeness (QED) is 0.682. The Morgan fingerprint density at radius 2 is 1.64 bits per heavy atom. The van der Waals surface area contributed by atoms with Crippen LogP contribution in [0.2, 0.25) is 0 Å². The lowest BCUT2D eigenvalue weighted by Gasteiger charge is -2.37. The highest BCUT2D eigenvalue weighted by atomic mass is 15.3.